The van der Waals surface area contributed by atoms with Crippen LogP contribution in [0.2, 0.25) is 0 Å². The van der Waals surface area contributed by atoms with E-state index in [1.165, 1.54) is 0 Å². The molecule has 0 fully saturated rings. The third-order valence-electron chi connectivity index (χ3n) is 1.07. The summed E-state index contributed by atoms with van der Waals surface area (Å²) < 4.78 is 0. The largest absolute Gasteiger partial charge is 0.133 e. The van der Waals surface area contributed by atoms with Crippen LogP contribution in [0.25, 0.3) is 0 Å². The summed E-state index contributed by atoms with van der Waals surface area (Å²) in [6, 6.07) is 0. The first-order valence-corrected chi connectivity index (χ1v) is 3.58. The fourth-order valence-electron chi connectivity index (χ4n) is 0.569. The predicted octanol–water partition coefficient (Wildman–Crippen LogP) is 2.84. The van der Waals surface area contributed by atoms with Gasteiger partial charge in [-0.3, -0.25) is 0 Å². The monoisotopic (exact) mass is 144 g/mol. The summed E-state index contributed by atoms with van der Waals surface area (Å²) in [7, 11) is 0. The van der Waals surface area contributed by atoms with Crippen molar-refractivity contribution in [3.8, 4) is 11.8 Å². The van der Waals surface area contributed by atoms with E-state index in [2.05, 4.69) is 36.5 Å². The second-order valence-corrected chi connectivity index (χ2v) is 1.97. The van der Waals surface area contributed by atoms with Crippen LogP contribution < -0.4 is 0 Å². The molecule has 0 radical (unpaired) electrons. The van der Waals surface area contributed by atoms with Crippen LogP contribution in [0, 0.1) is 11.8 Å². The molecule has 0 aromatic carbocycles. The maximum Gasteiger partial charge on any atom is 0.0295 e. The molecule has 0 saturated carbocycles. The van der Waals surface area contributed by atoms with Gasteiger partial charge in [0.05, 0.1) is 0 Å². The zero-order valence-electron chi connectivity index (χ0n) is 6.69. The van der Waals surface area contributed by atoms with Crippen LogP contribution in [0.15, 0.2) is 36.8 Å². The third kappa shape index (κ3) is 8.60. The van der Waals surface area contributed by atoms with E-state index in [1.807, 2.05) is 6.08 Å². The standard InChI is InChI=1S/C11H12/c1-3-5-7-9-11-10-8-6-4-2/h5-6H,1-2,7,9,11H2. The lowest BCUT2D eigenvalue weighted by atomic mass is 10.2. The zero-order chi connectivity index (χ0) is 8.36. The second-order valence-electron chi connectivity index (χ2n) is 1.97. The Balaban J connectivity index is 3.35. The first kappa shape index (κ1) is 9.60. The van der Waals surface area contributed by atoms with Crippen molar-refractivity contribution < 1.29 is 0 Å². The maximum absolute atomic E-state index is 3.47. The quantitative estimate of drug-likeness (QED) is 0.324. The molecule has 0 saturated heterocycles. The van der Waals surface area contributed by atoms with E-state index in [-0.39, 0.29) is 0 Å². The maximum atomic E-state index is 3.47. The average molecular weight is 144 g/mol. The van der Waals surface area contributed by atoms with Crippen LogP contribution in [-0.2, 0) is 0 Å². The third-order valence-corrected chi connectivity index (χ3v) is 1.07. The lowest BCUT2D eigenvalue weighted by Crippen LogP contribution is -1.67. The van der Waals surface area contributed by atoms with E-state index in [9.17, 15) is 0 Å². The summed E-state index contributed by atoms with van der Waals surface area (Å²) >= 11 is 0. The van der Waals surface area contributed by atoms with E-state index in [1.54, 1.807) is 6.08 Å². The summed E-state index contributed by atoms with van der Waals surface area (Å²) in [5, 5.41) is 0. The predicted molar refractivity (Wildman–Crippen MR) is 49.0 cm³/mol. The molecule has 0 aliphatic rings. The van der Waals surface area contributed by atoms with E-state index in [0.717, 1.165) is 19.3 Å². The molecule has 0 heteroatoms. The van der Waals surface area contributed by atoms with Crippen LogP contribution in [0.5, 0.6) is 0 Å². The van der Waals surface area contributed by atoms with Crippen LogP contribution >= 0.6 is 0 Å². The summed E-state index contributed by atoms with van der Waals surface area (Å²) in [6.45, 7) is 6.87. The lowest BCUT2D eigenvalue weighted by molar-refractivity contribution is 0.886. The highest BCUT2D eigenvalue weighted by Crippen LogP contribution is 1.93. The van der Waals surface area contributed by atoms with Crippen LogP contribution in [0.3, 0.4) is 0 Å². The number of allylic oxidation sites excluding steroid dienone is 2. The molecule has 0 amide bonds. The SMILES string of the molecule is C=C=CC#CCCCC=C=C. The molecule has 0 spiro atoms. The van der Waals surface area contributed by atoms with Gasteiger partial charge in [-0.05, 0) is 18.9 Å². The molecule has 0 bridgehead atoms. The number of hydrogen-bond acceptors (Lipinski definition) is 0. The minimum atomic E-state index is 0.913. The molecule has 0 aromatic rings. The summed E-state index contributed by atoms with van der Waals surface area (Å²) in [4.78, 5) is 0. The van der Waals surface area contributed by atoms with Gasteiger partial charge in [0.2, 0.25) is 0 Å². The Kier molecular flexibility index (Phi) is 7.51. The normalized spacial score (nSPS) is 6.55. The van der Waals surface area contributed by atoms with Gasteiger partial charge in [-0.2, -0.15) is 0 Å². The number of unbranched alkanes of at least 4 members (excludes halogenated alkanes) is 2. The fraction of sp³-hybridized carbons (Fsp3) is 0.273. The van der Waals surface area contributed by atoms with Crippen molar-refractivity contribution in [1.29, 1.82) is 0 Å². The smallest absolute Gasteiger partial charge is 0.0295 e. The van der Waals surface area contributed by atoms with Crippen molar-refractivity contribution in [3.63, 3.8) is 0 Å². The Morgan fingerprint density at radius 2 is 2.00 bits per heavy atom. The molecular weight excluding hydrogens is 132 g/mol. The lowest BCUT2D eigenvalue weighted by Gasteiger charge is -1.83. The van der Waals surface area contributed by atoms with Crippen LogP contribution in [0.4, 0.5) is 0 Å². The summed E-state index contributed by atoms with van der Waals surface area (Å²) in [5.41, 5.74) is 5.31. The van der Waals surface area contributed by atoms with Crippen LogP contribution in [-0.4, -0.2) is 0 Å². The highest BCUT2D eigenvalue weighted by molar-refractivity contribution is 5.13. The average Bonchev–Trinajstić information content (AvgIpc) is 2.03. The molecule has 56 valence electrons. The molecule has 0 N–H and O–H groups in total. The van der Waals surface area contributed by atoms with E-state index < -0.39 is 0 Å². The molecule has 0 aliphatic carbocycles. The Morgan fingerprint density at radius 3 is 2.64 bits per heavy atom. The van der Waals surface area contributed by atoms with E-state index >= 15 is 0 Å². The molecule has 0 rings (SSSR count). The van der Waals surface area contributed by atoms with Crippen molar-refractivity contribution in [3.05, 3.63) is 36.8 Å². The van der Waals surface area contributed by atoms with Crippen molar-refractivity contribution in [2.45, 2.75) is 19.3 Å². The topological polar surface area (TPSA) is 0 Å². The van der Waals surface area contributed by atoms with Gasteiger partial charge in [-0.15, -0.1) is 11.5 Å². The molecule has 0 aliphatic heterocycles. The Labute approximate surface area is 68.6 Å². The minimum Gasteiger partial charge on any atom is -0.133 e. The Bertz CT molecular complexity index is 235. The number of rotatable bonds is 3. The Hall–Kier alpha value is -1.40. The molecule has 0 heterocycles. The molecule has 0 nitrogen and oxygen atoms in total. The van der Waals surface area contributed by atoms with E-state index in [4.69, 9.17) is 0 Å². The minimum absolute atomic E-state index is 0.913. The van der Waals surface area contributed by atoms with Crippen LogP contribution in [0.1, 0.15) is 19.3 Å². The van der Waals surface area contributed by atoms with Gasteiger partial charge >= 0.3 is 0 Å². The Morgan fingerprint density at radius 1 is 1.18 bits per heavy atom. The van der Waals surface area contributed by atoms with Gasteiger partial charge in [0.1, 0.15) is 0 Å². The molecule has 0 atom stereocenters. The second kappa shape index (κ2) is 8.60. The molecular formula is C11H12. The fourth-order valence-corrected chi connectivity index (χ4v) is 0.569. The first-order chi connectivity index (χ1) is 5.41. The summed E-state index contributed by atoms with van der Waals surface area (Å²) in [5.74, 6) is 5.78. The molecule has 0 aromatic heterocycles. The van der Waals surface area contributed by atoms with Gasteiger partial charge < -0.3 is 0 Å². The molecule has 0 unspecified atom stereocenters. The van der Waals surface area contributed by atoms with Gasteiger partial charge in [-0.25, -0.2) is 0 Å². The highest BCUT2D eigenvalue weighted by Gasteiger charge is 1.76. The van der Waals surface area contributed by atoms with Gasteiger partial charge in [0.15, 0.2) is 0 Å². The number of hydrogen-bond donors (Lipinski definition) is 0. The highest BCUT2D eigenvalue weighted by atomic mass is 13.8. The zero-order valence-corrected chi connectivity index (χ0v) is 6.69. The molecule has 11 heavy (non-hydrogen) atoms. The first-order valence-electron chi connectivity index (χ1n) is 3.58. The van der Waals surface area contributed by atoms with Crippen molar-refractivity contribution in [1.82, 2.24) is 0 Å². The van der Waals surface area contributed by atoms with Gasteiger partial charge in [0, 0.05) is 12.5 Å². The van der Waals surface area contributed by atoms with Crippen molar-refractivity contribution >= 4 is 0 Å². The van der Waals surface area contributed by atoms with Crippen molar-refractivity contribution in [2.75, 3.05) is 0 Å². The van der Waals surface area contributed by atoms with Gasteiger partial charge in [-0.1, -0.05) is 25.0 Å². The van der Waals surface area contributed by atoms with Gasteiger partial charge in [0.25, 0.3) is 0 Å². The van der Waals surface area contributed by atoms with E-state index in [0.29, 0.717) is 0 Å². The summed E-state index contributed by atoms with van der Waals surface area (Å²) in [6.07, 6.45) is 6.54. The van der Waals surface area contributed by atoms with Crippen molar-refractivity contribution in [2.24, 2.45) is 0 Å².